The van der Waals surface area contributed by atoms with Crippen LogP contribution in [-0.4, -0.2) is 32.5 Å². The third-order valence-corrected chi connectivity index (χ3v) is 4.92. The molecular formula is C16H21ClN2O4S. The molecule has 0 aliphatic heterocycles. The van der Waals surface area contributed by atoms with Gasteiger partial charge in [-0.25, -0.2) is 8.42 Å². The molecule has 1 heterocycles. The van der Waals surface area contributed by atoms with Crippen molar-refractivity contribution in [3.63, 3.8) is 0 Å². The van der Waals surface area contributed by atoms with Crippen molar-refractivity contribution in [2.24, 2.45) is 5.73 Å². The van der Waals surface area contributed by atoms with Gasteiger partial charge in [-0.1, -0.05) is 12.1 Å². The van der Waals surface area contributed by atoms with Crippen molar-refractivity contribution in [3.05, 3.63) is 53.5 Å². The SMILES string of the molecule is CC(c1ccc(S(C)(=O)=O)cc1)N(C)C(=O)c1coc(CN)c1.Cl. The van der Waals surface area contributed by atoms with Crippen molar-refractivity contribution in [1.29, 1.82) is 0 Å². The number of amides is 1. The predicted molar refractivity (Wildman–Crippen MR) is 93.9 cm³/mol. The van der Waals surface area contributed by atoms with E-state index in [9.17, 15) is 13.2 Å². The third-order valence-electron chi connectivity index (χ3n) is 3.79. The lowest BCUT2D eigenvalue weighted by Crippen LogP contribution is -2.29. The molecule has 1 atom stereocenters. The van der Waals surface area contributed by atoms with E-state index in [0.717, 1.165) is 11.8 Å². The molecule has 2 rings (SSSR count). The van der Waals surface area contributed by atoms with E-state index in [4.69, 9.17) is 10.2 Å². The Bertz CT molecular complexity index is 800. The molecule has 0 saturated carbocycles. The number of sulfone groups is 1. The lowest BCUT2D eigenvalue weighted by Gasteiger charge is -2.25. The number of carbonyl (C=O) groups excluding carboxylic acids is 1. The van der Waals surface area contributed by atoms with Gasteiger partial charge >= 0.3 is 0 Å². The van der Waals surface area contributed by atoms with Gasteiger partial charge in [0.05, 0.1) is 23.0 Å². The standard InChI is InChI=1S/C16H20N2O4S.ClH/c1-11(12-4-6-15(7-5-12)23(3,20)21)18(2)16(19)13-8-14(9-17)22-10-13;/h4-8,10-11H,9,17H2,1-3H3;1H. The van der Waals surface area contributed by atoms with Gasteiger partial charge in [0.1, 0.15) is 12.0 Å². The molecule has 24 heavy (non-hydrogen) atoms. The highest BCUT2D eigenvalue weighted by atomic mass is 35.5. The molecule has 132 valence electrons. The second-order valence-electron chi connectivity index (χ2n) is 5.44. The van der Waals surface area contributed by atoms with Crippen LogP contribution in [0.25, 0.3) is 0 Å². The highest BCUT2D eigenvalue weighted by molar-refractivity contribution is 7.90. The summed E-state index contributed by atoms with van der Waals surface area (Å²) in [6.45, 7) is 2.11. The maximum Gasteiger partial charge on any atom is 0.257 e. The van der Waals surface area contributed by atoms with Gasteiger partial charge < -0.3 is 15.1 Å². The first-order valence-electron chi connectivity index (χ1n) is 7.08. The van der Waals surface area contributed by atoms with Gasteiger partial charge in [-0.05, 0) is 30.7 Å². The number of rotatable bonds is 5. The van der Waals surface area contributed by atoms with Crippen molar-refractivity contribution >= 4 is 28.2 Å². The average Bonchev–Trinajstić information content (AvgIpc) is 3.01. The second kappa shape index (κ2) is 7.83. The fourth-order valence-corrected chi connectivity index (χ4v) is 2.83. The molecule has 0 spiro atoms. The van der Waals surface area contributed by atoms with Gasteiger partial charge in [0.15, 0.2) is 9.84 Å². The lowest BCUT2D eigenvalue weighted by molar-refractivity contribution is 0.0742. The van der Waals surface area contributed by atoms with E-state index in [1.807, 2.05) is 6.92 Å². The highest BCUT2D eigenvalue weighted by Crippen LogP contribution is 2.23. The van der Waals surface area contributed by atoms with Gasteiger partial charge in [0, 0.05) is 13.3 Å². The summed E-state index contributed by atoms with van der Waals surface area (Å²) in [4.78, 5) is 14.3. The summed E-state index contributed by atoms with van der Waals surface area (Å²) in [5.41, 5.74) is 6.75. The quantitative estimate of drug-likeness (QED) is 0.869. The molecule has 1 aromatic heterocycles. The number of hydrogen-bond donors (Lipinski definition) is 1. The molecular weight excluding hydrogens is 352 g/mol. The minimum atomic E-state index is -3.23. The van der Waals surface area contributed by atoms with Crippen molar-refractivity contribution in [2.75, 3.05) is 13.3 Å². The first-order valence-corrected chi connectivity index (χ1v) is 8.98. The Morgan fingerprint density at radius 2 is 1.88 bits per heavy atom. The Morgan fingerprint density at radius 1 is 1.29 bits per heavy atom. The molecule has 2 N–H and O–H groups in total. The van der Waals surface area contributed by atoms with Crippen LogP contribution in [0.15, 0.2) is 45.9 Å². The zero-order chi connectivity index (χ0) is 17.2. The monoisotopic (exact) mass is 372 g/mol. The molecule has 0 saturated heterocycles. The van der Waals surface area contributed by atoms with Gasteiger partial charge in [-0.3, -0.25) is 4.79 Å². The van der Waals surface area contributed by atoms with E-state index >= 15 is 0 Å². The highest BCUT2D eigenvalue weighted by Gasteiger charge is 2.21. The van der Waals surface area contributed by atoms with Crippen LogP contribution in [0.2, 0.25) is 0 Å². The van der Waals surface area contributed by atoms with E-state index in [-0.39, 0.29) is 35.8 Å². The smallest absolute Gasteiger partial charge is 0.257 e. The first-order chi connectivity index (χ1) is 10.7. The summed E-state index contributed by atoms with van der Waals surface area (Å²) in [5.74, 6) is 0.361. The summed E-state index contributed by atoms with van der Waals surface area (Å²) in [5, 5.41) is 0. The topological polar surface area (TPSA) is 93.6 Å². The fourth-order valence-electron chi connectivity index (χ4n) is 2.20. The number of hydrogen-bond acceptors (Lipinski definition) is 5. The van der Waals surface area contributed by atoms with E-state index in [2.05, 4.69) is 0 Å². The summed E-state index contributed by atoms with van der Waals surface area (Å²) >= 11 is 0. The molecule has 0 aliphatic rings. The molecule has 0 aliphatic carbocycles. The van der Waals surface area contributed by atoms with Crippen molar-refractivity contribution in [2.45, 2.75) is 24.4 Å². The summed E-state index contributed by atoms with van der Waals surface area (Å²) in [6.07, 6.45) is 2.55. The number of carbonyl (C=O) groups is 1. The molecule has 1 amide bonds. The van der Waals surface area contributed by atoms with Crippen molar-refractivity contribution < 1.29 is 17.6 Å². The fraction of sp³-hybridized carbons (Fsp3) is 0.312. The van der Waals surface area contributed by atoms with E-state index < -0.39 is 9.84 Å². The molecule has 0 bridgehead atoms. The van der Waals surface area contributed by atoms with Crippen molar-refractivity contribution in [3.8, 4) is 0 Å². The number of nitrogens with two attached hydrogens (primary N) is 1. The first kappa shape index (κ1) is 20.2. The normalized spacial score (nSPS) is 12.3. The van der Waals surface area contributed by atoms with Crippen LogP contribution in [0.4, 0.5) is 0 Å². The maximum absolute atomic E-state index is 12.4. The number of halogens is 1. The summed E-state index contributed by atoms with van der Waals surface area (Å²) in [6, 6.07) is 7.93. The third kappa shape index (κ3) is 4.37. The minimum Gasteiger partial charge on any atom is -0.467 e. The molecule has 8 heteroatoms. The predicted octanol–water partition coefficient (Wildman–Crippen LogP) is 2.40. The van der Waals surface area contributed by atoms with Crippen LogP contribution in [0.5, 0.6) is 0 Å². The minimum absolute atomic E-state index is 0. The van der Waals surface area contributed by atoms with Crippen LogP contribution in [0, 0.1) is 0 Å². The van der Waals surface area contributed by atoms with Crippen molar-refractivity contribution in [1.82, 2.24) is 4.90 Å². The van der Waals surface area contributed by atoms with Crippen LogP contribution in [0.1, 0.15) is 34.6 Å². The Balaban J connectivity index is 0.00000288. The molecule has 1 aromatic carbocycles. The summed E-state index contributed by atoms with van der Waals surface area (Å²) in [7, 11) is -1.54. The van der Waals surface area contributed by atoms with Gasteiger partial charge in [0.2, 0.25) is 0 Å². The van der Waals surface area contributed by atoms with Crippen LogP contribution < -0.4 is 5.73 Å². The lowest BCUT2D eigenvalue weighted by atomic mass is 10.1. The van der Waals surface area contributed by atoms with Gasteiger partial charge in [-0.15, -0.1) is 12.4 Å². The second-order valence-corrected chi connectivity index (χ2v) is 7.45. The zero-order valence-electron chi connectivity index (χ0n) is 13.7. The average molecular weight is 373 g/mol. The Labute approximate surface area is 148 Å². The summed E-state index contributed by atoms with van der Waals surface area (Å²) < 4.78 is 28.2. The molecule has 1 unspecified atom stereocenters. The number of benzene rings is 1. The van der Waals surface area contributed by atoms with Gasteiger partial charge in [-0.2, -0.15) is 0 Å². The number of furan rings is 1. The van der Waals surface area contributed by atoms with E-state index in [1.54, 1.807) is 42.3 Å². The number of nitrogens with zero attached hydrogens (tertiary/aromatic N) is 1. The Morgan fingerprint density at radius 3 is 2.33 bits per heavy atom. The van der Waals surface area contributed by atoms with Gasteiger partial charge in [0.25, 0.3) is 5.91 Å². The molecule has 2 aromatic rings. The maximum atomic E-state index is 12.4. The van der Waals surface area contributed by atoms with Crippen LogP contribution in [0.3, 0.4) is 0 Å². The van der Waals surface area contributed by atoms with Crippen LogP contribution in [-0.2, 0) is 16.4 Å². The molecule has 0 radical (unpaired) electrons. The molecule has 0 fully saturated rings. The van der Waals surface area contributed by atoms with Crippen LogP contribution >= 0.6 is 12.4 Å². The van der Waals surface area contributed by atoms with E-state index in [0.29, 0.717) is 11.3 Å². The Kier molecular flexibility index (Phi) is 6.59. The van der Waals surface area contributed by atoms with E-state index in [1.165, 1.54) is 6.26 Å². The Hall–Kier alpha value is -1.83. The zero-order valence-corrected chi connectivity index (χ0v) is 15.4. The molecule has 6 nitrogen and oxygen atoms in total. The largest absolute Gasteiger partial charge is 0.467 e.